The minimum Gasteiger partial charge on any atom is -0.237 e. The van der Waals surface area contributed by atoms with Gasteiger partial charge >= 0.3 is 0 Å². The van der Waals surface area contributed by atoms with Gasteiger partial charge in [0.2, 0.25) is 0 Å². The number of pyridine rings is 1. The van der Waals surface area contributed by atoms with Crippen molar-refractivity contribution in [3.63, 3.8) is 0 Å². The summed E-state index contributed by atoms with van der Waals surface area (Å²) in [4.78, 5) is 6.59. The van der Waals surface area contributed by atoms with E-state index in [1.54, 1.807) is 18.0 Å². The lowest BCUT2D eigenvalue weighted by molar-refractivity contribution is 0.849. The summed E-state index contributed by atoms with van der Waals surface area (Å²) in [5, 5.41) is 5.53. The molecule has 0 bridgehead atoms. The summed E-state index contributed by atoms with van der Waals surface area (Å²) in [5.74, 6) is 0.795. The van der Waals surface area contributed by atoms with Crippen LogP contribution >= 0.6 is 23.4 Å². The Bertz CT molecular complexity index is 1010. The first-order chi connectivity index (χ1) is 12.7. The molecule has 4 rings (SSSR count). The van der Waals surface area contributed by atoms with Gasteiger partial charge in [-0.1, -0.05) is 59.3 Å². The number of hydrogen-bond acceptors (Lipinski definition) is 3. The van der Waals surface area contributed by atoms with Crippen LogP contribution < -0.4 is 0 Å². The van der Waals surface area contributed by atoms with Crippen molar-refractivity contribution >= 4 is 23.4 Å². The fourth-order valence-electron chi connectivity index (χ4n) is 2.58. The molecule has 0 spiro atoms. The molecule has 2 heterocycles. The topological polar surface area (TPSA) is 30.7 Å². The van der Waals surface area contributed by atoms with Crippen molar-refractivity contribution in [2.75, 3.05) is 0 Å². The van der Waals surface area contributed by atoms with Gasteiger partial charge in [-0.25, -0.2) is 9.67 Å². The van der Waals surface area contributed by atoms with Gasteiger partial charge in [-0.05, 0) is 43.3 Å². The summed E-state index contributed by atoms with van der Waals surface area (Å²) >= 11 is 7.67. The number of aryl methyl sites for hydroxylation is 1. The molecule has 26 heavy (non-hydrogen) atoms. The van der Waals surface area contributed by atoms with Crippen LogP contribution in [0.1, 0.15) is 5.56 Å². The molecule has 0 saturated heterocycles. The fraction of sp³-hybridized carbons (Fsp3) is 0.0476. The van der Waals surface area contributed by atoms with Gasteiger partial charge in [-0.2, -0.15) is 5.10 Å². The summed E-state index contributed by atoms with van der Waals surface area (Å²) in [6.07, 6.45) is 3.80. The molecule has 0 atom stereocenters. The van der Waals surface area contributed by atoms with Crippen LogP contribution in [0.3, 0.4) is 0 Å². The van der Waals surface area contributed by atoms with Gasteiger partial charge in [0.25, 0.3) is 0 Å². The van der Waals surface area contributed by atoms with E-state index in [-0.39, 0.29) is 0 Å². The average Bonchev–Trinajstić information content (AvgIpc) is 3.09. The third-order valence-corrected chi connectivity index (χ3v) is 5.21. The fourth-order valence-corrected chi connectivity index (χ4v) is 3.64. The minimum atomic E-state index is 0.734. The van der Waals surface area contributed by atoms with Crippen LogP contribution in [-0.4, -0.2) is 14.8 Å². The molecule has 0 fully saturated rings. The van der Waals surface area contributed by atoms with E-state index >= 15 is 0 Å². The van der Waals surface area contributed by atoms with E-state index in [4.69, 9.17) is 16.7 Å². The molecule has 0 unspecified atom stereocenters. The maximum Gasteiger partial charge on any atom is 0.153 e. The van der Waals surface area contributed by atoms with E-state index in [0.29, 0.717) is 0 Å². The molecule has 0 aliphatic carbocycles. The Labute approximate surface area is 161 Å². The average molecular weight is 378 g/mol. The van der Waals surface area contributed by atoms with E-state index in [9.17, 15) is 0 Å². The van der Waals surface area contributed by atoms with Crippen LogP contribution in [0.4, 0.5) is 0 Å². The standard InChI is InChI=1S/C21H16ClN3S/c1-15-5-7-16(8-6-15)21-19(26-18-11-9-17(22)10-12-18)14-25(24-21)20-4-2-3-13-23-20/h2-14H,1H3. The number of halogens is 1. The first kappa shape index (κ1) is 16.9. The molecular weight excluding hydrogens is 362 g/mol. The van der Waals surface area contributed by atoms with Crippen molar-refractivity contribution in [1.29, 1.82) is 0 Å². The highest BCUT2D eigenvalue weighted by Gasteiger charge is 2.14. The van der Waals surface area contributed by atoms with Gasteiger partial charge in [0.1, 0.15) is 5.69 Å². The predicted octanol–water partition coefficient (Wildman–Crippen LogP) is 6.05. The second-order valence-electron chi connectivity index (χ2n) is 5.90. The Morgan fingerprint density at radius 1 is 0.923 bits per heavy atom. The first-order valence-electron chi connectivity index (χ1n) is 8.20. The van der Waals surface area contributed by atoms with Gasteiger partial charge in [0, 0.05) is 27.9 Å². The first-order valence-corrected chi connectivity index (χ1v) is 9.40. The molecule has 4 aromatic rings. The quantitative estimate of drug-likeness (QED) is 0.434. The number of hydrogen-bond donors (Lipinski definition) is 0. The van der Waals surface area contributed by atoms with Crippen LogP contribution in [0.5, 0.6) is 0 Å². The molecule has 0 saturated carbocycles. The molecular formula is C21H16ClN3S. The normalized spacial score (nSPS) is 10.8. The molecule has 0 amide bonds. The van der Waals surface area contributed by atoms with E-state index in [0.717, 1.165) is 31.9 Å². The summed E-state index contributed by atoms with van der Waals surface area (Å²) in [7, 11) is 0. The van der Waals surface area contributed by atoms with E-state index in [2.05, 4.69) is 36.2 Å². The van der Waals surface area contributed by atoms with Gasteiger partial charge in [-0.3, -0.25) is 0 Å². The molecule has 0 aliphatic heterocycles. The number of aromatic nitrogens is 3. The summed E-state index contributed by atoms with van der Waals surface area (Å²) < 4.78 is 1.83. The predicted molar refractivity (Wildman–Crippen MR) is 107 cm³/mol. The van der Waals surface area contributed by atoms with Crippen LogP contribution in [0, 0.1) is 6.92 Å². The molecule has 2 aromatic heterocycles. The smallest absolute Gasteiger partial charge is 0.153 e. The monoisotopic (exact) mass is 377 g/mol. The van der Waals surface area contributed by atoms with E-state index < -0.39 is 0 Å². The summed E-state index contributed by atoms with van der Waals surface area (Å²) in [6.45, 7) is 2.08. The highest BCUT2D eigenvalue weighted by atomic mass is 35.5. The lowest BCUT2D eigenvalue weighted by atomic mass is 10.1. The Balaban J connectivity index is 1.78. The molecule has 0 aliphatic rings. The van der Waals surface area contributed by atoms with Gasteiger partial charge < -0.3 is 0 Å². The lowest BCUT2D eigenvalue weighted by Gasteiger charge is -2.03. The Kier molecular flexibility index (Phi) is 4.78. The van der Waals surface area contributed by atoms with Crippen molar-refractivity contribution in [2.24, 2.45) is 0 Å². The Hall–Kier alpha value is -2.56. The van der Waals surface area contributed by atoms with E-state index in [1.165, 1.54) is 5.56 Å². The number of rotatable bonds is 4. The minimum absolute atomic E-state index is 0.734. The molecule has 2 aromatic carbocycles. The van der Waals surface area contributed by atoms with Crippen molar-refractivity contribution in [3.8, 4) is 17.1 Å². The maximum absolute atomic E-state index is 6.01. The third kappa shape index (κ3) is 3.66. The molecule has 0 N–H and O–H groups in total. The molecule has 0 radical (unpaired) electrons. The van der Waals surface area contributed by atoms with Crippen LogP contribution in [-0.2, 0) is 0 Å². The summed E-state index contributed by atoms with van der Waals surface area (Å²) in [5.41, 5.74) is 3.25. The highest BCUT2D eigenvalue weighted by molar-refractivity contribution is 7.99. The lowest BCUT2D eigenvalue weighted by Crippen LogP contribution is -1.97. The van der Waals surface area contributed by atoms with Gasteiger partial charge in [0.15, 0.2) is 5.82 Å². The highest BCUT2D eigenvalue weighted by Crippen LogP contribution is 2.36. The Morgan fingerprint density at radius 2 is 1.69 bits per heavy atom. The van der Waals surface area contributed by atoms with Crippen molar-refractivity contribution in [1.82, 2.24) is 14.8 Å². The number of benzene rings is 2. The SMILES string of the molecule is Cc1ccc(-c2nn(-c3ccccn3)cc2Sc2ccc(Cl)cc2)cc1. The second-order valence-corrected chi connectivity index (χ2v) is 7.45. The molecule has 128 valence electrons. The van der Waals surface area contributed by atoms with E-state index in [1.807, 2.05) is 53.3 Å². The maximum atomic E-state index is 6.01. The zero-order chi connectivity index (χ0) is 17.9. The van der Waals surface area contributed by atoms with Gasteiger partial charge in [0.05, 0.1) is 4.90 Å². The second kappa shape index (κ2) is 7.36. The third-order valence-electron chi connectivity index (χ3n) is 3.93. The van der Waals surface area contributed by atoms with Crippen molar-refractivity contribution < 1.29 is 0 Å². The largest absolute Gasteiger partial charge is 0.237 e. The Morgan fingerprint density at radius 3 is 2.38 bits per heavy atom. The van der Waals surface area contributed by atoms with Crippen LogP contribution in [0.15, 0.2) is 88.9 Å². The summed E-state index contributed by atoms with van der Waals surface area (Å²) in [6, 6.07) is 22.1. The van der Waals surface area contributed by atoms with Crippen molar-refractivity contribution in [2.45, 2.75) is 16.7 Å². The zero-order valence-corrected chi connectivity index (χ0v) is 15.7. The van der Waals surface area contributed by atoms with Crippen LogP contribution in [0.2, 0.25) is 5.02 Å². The number of nitrogens with zero attached hydrogens (tertiary/aromatic N) is 3. The molecule has 5 heteroatoms. The van der Waals surface area contributed by atoms with Gasteiger partial charge in [-0.15, -0.1) is 0 Å². The van der Waals surface area contributed by atoms with Crippen molar-refractivity contribution in [3.05, 3.63) is 89.7 Å². The zero-order valence-electron chi connectivity index (χ0n) is 14.1. The van der Waals surface area contributed by atoms with Crippen LogP contribution in [0.25, 0.3) is 17.1 Å². The molecule has 3 nitrogen and oxygen atoms in total.